The average molecular weight is 626 g/mol. The summed E-state index contributed by atoms with van der Waals surface area (Å²) in [5.74, 6) is -2.06. The summed E-state index contributed by atoms with van der Waals surface area (Å²) < 4.78 is 64.0. The highest BCUT2D eigenvalue weighted by Gasteiger charge is 2.39. The van der Waals surface area contributed by atoms with Crippen LogP contribution in [-0.4, -0.2) is 57.6 Å². The van der Waals surface area contributed by atoms with Crippen molar-refractivity contribution < 1.29 is 26.5 Å². The number of amides is 1. The van der Waals surface area contributed by atoms with Crippen molar-refractivity contribution >= 4 is 21.7 Å². The standard InChI is InChI=1S/C30H33F2N7O4S/c1-17(2)27(30(40)37-44(41,42)21-9-10-21)38(3)29-23(32)15-33-28(34-29)25-14-26(24-11-12-43-36-24)39(35-25)16-20-8-7-19(13-22(20)31)18-5-4-6-18/h7-8,11-15,17-18,21,27H,4-6,9-10,16H2,1-3H3,(H,37,40)/t27-/m0/s1. The van der Waals surface area contributed by atoms with Gasteiger partial charge in [-0.25, -0.2) is 27.2 Å². The van der Waals surface area contributed by atoms with Crippen molar-refractivity contribution in [1.29, 1.82) is 0 Å². The van der Waals surface area contributed by atoms with E-state index in [2.05, 4.69) is 24.9 Å². The zero-order valence-electron chi connectivity index (χ0n) is 24.6. The van der Waals surface area contributed by atoms with Gasteiger partial charge in [-0.2, -0.15) is 5.10 Å². The van der Waals surface area contributed by atoms with Gasteiger partial charge in [0.2, 0.25) is 10.0 Å². The maximum absolute atomic E-state index is 15.2. The van der Waals surface area contributed by atoms with Crippen molar-refractivity contribution in [3.63, 3.8) is 0 Å². The molecule has 0 bridgehead atoms. The highest BCUT2D eigenvalue weighted by molar-refractivity contribution is 7.90. The number of nitrogens with one attached hydrogen (secondary N) is 1. The molecule has 1 amide bonds. The van der Waals surface area contributed by atoms with Crippen LogP contribution >= 0.6 is 0 Å². The van der Waals surface area contributed by atoms with Crippen LogP contribution < -0.4 is 9.62 Å². The highest BCUT2D eigenvalue weighted by atomic mass is 32.2. The van der Waals surface area contributed by atoms with E-state index in [1.807, 2.05) is 6.07 Å². The predicted molar refractivity (Wildman–Crippen MR) is 158 cm³/mol. The first kappa shape index (κ1) is 29.9. The molecule has 0 aliphatic heterocycles. The lowest BCUT2D eigenvalue weighted by molar-refractivity contribution is -0.121. The van der Waals surface area contributed by atoms with Crippen molar-refractivity contribution in [3.05, 3.63) is 65.6 Å². The minimum Gasteiger partial charge on any atom is -0.364 e. The Labute approximate surface area is 253 Å². The lowest BCUT2D eigenvalue weighted by atomic mass is 9.80. The Bertz CT molecular complexity index is 1780. The Hall–Kier alpha value is -4.20. The number of carbonyl (C=O) groups excluding carboxylic acids is 1. The number of hydrogen-bond donors (Lipinski definition) is 1. The number of rotatable bonds is 11. The van der Waals surface area contributed by atoms with E-state index in [0.717, 1.165) is 31.0 Å². The van der Waals surface area contributed by atoms with Crippen molar-refractivity contribution in [1.82, 2.24) is 29.6 Å². The van der Waals surface area contributed by atoms with Crippen molar-refractivity contribution in [2.75, 3.05) is 11.9 Å². The van der Waals surface area contributed by atoms with Crippen LogP contribution in [0.25, 0.3) is 22.9 Å². The van der Waals surface area contributed by atoms with Gasteiger partial charge in [0.1, 0.15) is 29.5 Å². The van der Waals surface area contributed by atoms with Crippen molar-refractivity contribution in [3.8, 4) is 22.9 Å². The third-order valence-corrected chi connectivity index (χ3v) is 10.1. The minimum absolute atomic E-state index is 0.0473. The number of nitrogens with zero attached hydrogens (tertiary/aromatic N) is 6. The molecule has 232 valence electrons. The number of aromatic nitrogens is 5. The smallest absolute Gasteiger partial charge is 0.256 e. The zero-order chi connectivity index (χ0) is 31.2. The summed E-state index contributed by atoms with van der Waals surface area (Å²) in [6.45, 7) is 3.54. The largest absolute Gasteiger partial charge is 0.364 e. The van der Waals surface area contributed by atoms with Gasteiger partial charge < -0.3 is 9.42 Å². The van der Waals surface area contributed by atoms with Gasteiger partial charge in [-0.15, -0.1) is 0 Å². The van der Waals surface area contributed by atoms with Gasteiger partial charge >= 0.3 is 0 Å². The van der Waals surface area contributed by atoms with E-state index < -0.39 is 39.0 Å². The quantitative estimate of drug-likeness (QED) is 0.252. The number of sulfonamides is 1. The molecule has 0 unspecified atom stereocenters. The van der Waals surface area contributed by atoms with Gasteiger partial charge in [0.25, 0.3) is 5.91 Å². The van der Waals surface area contributed by atoms with E-state index in [1.54, 1.807) is 42.8 Å². The first-order valence-electron chi connectivity index (χ1n) is 14.6. The fourth-order valence-corrected chi connectivity index (χ4v) is 6.82. The molecule has 44 heavy (non-hydrogen) atoms. The zero-order valence-corrected chi connectivity index (χ0v) is 25.4. The summed E-state index contributed by atoms with van der Waals surface area (Å²) >= 11 is 0. The Morgan fingerprint density at radius 2 is 1.89 bits per heavy atom. The summed E-state index contributed by atoms with van der Waals surface area (Å²) in [6.07, 6.45) is 6.65. The molecular weight excluding hydrogens is 592 g/mol. The maximum Gasteiger partial charge on any atom is 0.256 e. The molecular formula is C30H33F2N7O4S. The topological polar surface area (TPSA) is 136 Å². The van der Waals surface area contributed by atoms with Gasteiger partial charge in [-0.3, -0.25) is 14.2 Å². The van der Waals surface area contributed by atoms with Gasteiger partial charge in [-0.1, -0.05) is 37.6 Å². The summed E-state index contributed by atoms with van der Waals surface area (Å²) in [5.41, 5.74) is 2.63. The van der Waals surface area contributed by atoms with E-state index >= 15 is 8.78 Å². The van der Waals surface area contributed by atoms with E-state index in [9.17, 15) is 13.2 Å². The van der Waals surface area contributed by atoms with Crippen LogP contribution in [0.4, 0.5) is 14.6 Å². The van der Waals surface area contributed by atoms with Crippen LogP contribution in [0.5, 0.6) is 0 Å². The molecule has 1 atom stereocenters. The number of anilines is 1. The molecule has 2 fully saturated rings. The molecule has 3 heterocycles. The van der Waals surface area contributed by atoms with Gasteiger partial charge in [0, 0.05) is 18.7 Å². The molecule has 0 spiro atoms. The monoisotopic (exact) mass is 625 g/mol. The fraction of sp³-hybridized carbons (Fsp3) is 0.433. The molecule has 1 N–H and O–H groups in total. The first-order chi connectivity index (χ1) is 21.0. The first-order valence-corrected chi connectivity index (χ1v) is 16.1. The van der Waals surface area contributed by atoms with E-state index in [4.69, 9.17) is 4.52 Å². The molecule has 1 aromatic carbocycles. The van der Waals surface area contributed by atoms with Gasteiger partial charge in [0.05, 0.1) is 23.7 Å². The highest BCUT2D eigenvalue weighted by Crippen LogP contribution is 2.37. The average Bonchev–Trinajstić information content (AvgIpc) is 3.52. The number of halogens is 2. The third kappa shape index (κ3) is 5.94. The van der Waals surface area contributed by atoms with Gasteiger partial charge in [0.15, 0.2) is 17.5 Å². The number of likely N-dealkylation sites (N-methyl/N-ethyl adjacent to an activating group) is 1. The van der Waals surface area contributed by atoms with Crippen molar-refractivity contribution in [2.24, 2.45) is 5.92 Å². The maximum atomic E-state index is 15.2. The second kappa shape index (κ2) is 11.7. The van der Waals surface area contributed by atoms with Crippen LogP contribution in [0, 0.1) is 17.6 Å². The molecule has 4 aromatic rings. The number of benzene rings is 1. The number of carbonyl (C=O) groups is 1. The summed E-state index contributed by atoms with van der Waals surface area (Å²) in [6, 6.07) is 7.53. The third-order valence-electron chi connectivity index (χ3n) is 8.27. The predicted octanol–water partition coefficient (Wildman–Crippen LogP) is 4.66. The summed E-state index contributed by atoms with van der Waals surface area (Å²) in [5, 5.41) is 8.04. The lowest BCUT2D eigenvalue weighted by Crippen LogP contribution is -2.51. The summed E-state index contributed by atoms with van der Waals surface area (Å²) in [4.78, 5) is 22.9. The van der Waals surface area contributed by atoms with Crippen LogP contribution in [0.3, 0.4) is 0 Å². The molecule has 0 radical (unpaired) electrons. The second-order valence-corrected chi connectivity index (χ2v) is 13.8. The summed E-state index contributed by atoms with van der Waals surface area (Å²) in [7, 11) is -2.33. The van der Waals surface area contributed by atoms with Gasteiger partial charge in [-0.05, 0) is 55.2 Å². The molecule has 6 rings (SSSR count). The lowest BCUT2D eigenvalue weighted by Gasteiger charge is -2.31. The Morgan fingerprint density at radius 3 is 2.50 bits per heavy atom. The van der Waals surface area contributed by atoms with E-state index in [0.29, 0.717) is 35.7 Å². The minimum atomic E-state index is -3.81. The Balaban J connectivity index is 1.31. The molecule has 2 aliphatic rings. The molecule has 0 saturated heterocycles. The van der Waals surface area contributed by atoms with Crippen LogP contribution in [0.15, 0.2) is 47.3 Å². The molecule has 11 nitrogen and oxygen atoms in total. The molecule has 14 heteroatoms. The fourth-order valence-electron chi connectivity index (χ4n) is 5.49. The Kier molecular flexibility index (Phi) is 7.95. The van der Waals surface area contributed by atoms with Crippen molar-refractivity contribution in [2.45, 2.75) is 69.7 Å². The van der Waals surface area contributed by atoms with Crippen LogP contribution in [0.1, 0.15) is 63.0 Å². The number of hydrogen-bond acceptors (Lipinski definition) is 9. The van der Waals surface area contributed by atoms with E-state index in [-0.39, 0.29) is 29.7 Å². The SMILES string of the molecule is CC(C)[C@@H](C(=O)NS(=O)(=O)C1CC1)N(C)c1nc(-c2cc(-c3ccon3)n(Cc3ccc(C4CCC4)cc3F)n2)ncc1F. The normalized spacial score (nSPS) is 16.1. The molecule has 3 aromatic heterocycles. The molecule has 2 saturated carbocycles. The van der Waals surface area contributed by atoms with E-state index in [1.165, 1.54) is 18.2 Å². The Morgan fingerprint density at radius 1 is 1.11 bits per heavy atom. The van der Waals surface area contributed by atoms with Crippen LogP contribution in [-0.2, 0) is 21.4 Å². The van der Waals surface area contributed by atoms with Crippen LogP contribution in [0.2, 0.25) is 0 Å². The molecule has 2 aliphatic carbocycles. The second-order valence-electron chi connectivity index (χ2n) is 11.8.